The minimum absolute atomic E-state index is 0.228. The Bertz CT molecular complexity index is 671. The summed E-state index contributed by atoms with van der Waals surface area (Å²) in [6.45, 7) is 1.24. The molecule has 98 valence electrons. The molecule has 1 heterocycles. The summed E-state index contributed by atoms with van der Waals surface area (Å²) in [6, 6.07) is 6.92. The van der Waals surface area contributed by atoms with E-state index in [0.29, 0.717) is 16.9 Å². The fourth-order valence-corrected chi connectivity index (χ4v) is 1.84. The number of ether oxygens (including phenoxy) is 1. The van der Waals surface area contributed by atoms with Gasteiger partial charge < -0.3 is 14.8 Å². The molecule has 0 fully saturated rings. The number of pyridine rings is 1. The first-order valence-electron chi connectivity index (χ1n) is 5.64. The maximum absolute atomic E-state index is 11.5. The van der Waals surface area contributed by atoms with Crippen molar-refractivity contribution < 1.29 is 14.6 Å². The highest BCUT2D eigenvalue weighted by Crippen LogP contribution is 2.30. The van der Waals surface area contributed by atoms with Crippen molar-refractivity contribution in [2.75, 3.05) is 7.11 Å². The van der Waals surface area contributed by atoms with Gasteiger partial charge in [-0.05, 0) is 24.6 Å². The first-order chi connectivity index (χ1) is 9.04. The number of methoxy groups -OCH3 is 1. The van der Waals surface area contributed by atoms with E-state index in [9.17, 15) is 14.7 Å². The van der Waals surface area contributed by atoms with Gasteiger partial charge in [0, 0.05) is 11.8 Å². The molecule has 0 aliphatic carbocycles. The first-order valence-corrected chi connectivity index (χ1v) is 5.64. The van der Waals surface area contributed by atoms with E-state index in [1.54, 1.807) is 31.4 Å². The van der Waals surface area contributed by atoms with Gasteiger partial charge in [0.2, 0.25) is 0 Å². The number of ketones is 1. The van der Waals surface area contributed by atoms with E-state index in [1.807, 2.05) is 0 Å². The summed E-state index contributed by atoms with van der Waals surface area (Å²) < 4.78 is 5.04. The van der Waals surface area contributed by atoms with Crippen LogP contribution in [0.1, 0.15) is 17.3 Å². The number of carbonyl (C=O) groups is 1. The van der Waals surface area contributed by atoms with Gasteiger partial charge in [-0.3, -0.25) is 9.59 Å². The Balaban J connectivity index is 2.59. The average Bonchev–Trinajstić information content (AvgIpc) is 2.39. The normalized spacial score (nSPS) is 10.2. The second kappa shape index (κ2) is 4.97. The van der Waals surface area contributed by atoms with E-state index in [1.165, 1.54) is 13.1 Å². The lowest BCUT2D eigenvalue weighted by molar-refractivity contribution is 0.101. The number of aromatic amines is 1. The number of benzene rings is 1. The van der Waals surface area contributed by atoms with Gasteiger partial charge in [-0.2, -0.15) is 0 Å². The Morgan fingerprint density at radius 1 is 1.26 bits per heavy atom. The van der Waals surface area contributed by atoms with Crippen molar-refractivity contribution in [1.29, 1.82) is 0 Å². The Hall–Kier alpha value is -2.56. The Morgan fingerprint density at radius 3 is 2.42 bits per heavy atom. The third kappa shape index (κ3) is 2.35. The zero-order valence-electron chi connectivity index (χ0n) is 10.6. The number of aromatic nitrogens is 1. The van der Waals surface area contributed by atoms with Crippen LogP contribution in [0, 0.1) is 0 Å². The molecule has 0 radical (unpaired) electrons. The highest BCUT2D eigenvalue weighted by Gasteiger charge is 2.16. The van der Waals surface area contributed by atoms with Gasteiger partial charge >= 0.3 is 0 Å². The summed E-state index contributed by atoms with van der Waals surface area (Å²) in [7, 11) is 1.56. The molecule has 5 nitrogen and oxygen atoms in total. The van der Waals surface area contributed by atoms with E-state index < -0.39 is 11.3 Å². The van der Waals surface area contributed by atoms with Gasteiger partial charge in [-0.25, -0.2) is 0 Å². The lowest BCUT2D eigenvalue weighted by atomic mass is 10.0. The van der Waals surface area contributed by atoms with Gasteiger partial charge in [0.1, 0.15) is 17.1 Å². The van der Waals surface area contributed by atoms with Crippen molar-refractivity contribution in [3.05, 3.63) is 46.4 Å². The number of carbonyl (C=O) groups excluding carboxylic acids is 1. The standard InChI is InChI=1S/C14H13NO4/c1-8(16)12-13(17)11(7-15-14(12)18)9-3-5-10(19-2)6-4-9/h3-7H,1-2H3,(H2,15,17,18). The monoisotopic (exact) mass is 259 g/mol. The summed E-state index contributed by atoms with van der Waals surface area (Å²) in [5.74, 6) is -0.102. The van der Waals surface area contributed by atoms with Crippen molar-refractivity contribution in [3.8, 4) is 22.6 Å². The topological polar surface area (TPSA) is 79.4 Å². The third-order valence-corrected chi connectivity index (χ3v) is 2.82. The van der Waals surface area contributed by atoms with Crippen LogP contribution in [0.3, 0.4) is 0 Å². The predicted molar refractivity (Wildman–Crippen MR) is 70.7 cm³/mol. The predicted octanol–water partition coefficient (Wildman–Crippen LogP) is 1.96. The van der Waals surface area contributed by atoms with Gasteiger partial charge in [0.15, 0.2) is 5.78 Å². The summed E-state index contributed by atoms with van der Waals surface area (Å²) in [4.78, 5) is 25.3. The van der Waals surface area contributed by atoms with E-state index in [0.717, 1.165) is 0 Å². The minimum atomic E-state index is -0.595. The van der Waals surface area contributed by atoms with Crippen LogP contribution in [0.2, 0.25) is 0 Å². The maximum atomic E-state index is 11.5. The fraction of sp³-hybridized carbons (Fsp3) is 0.143. The molecule has 0 bridgehead atoms. The highest BCUT2D eigenvalue weighted by molar-refractivity contribution is 5.98. The largest absolute Gasteiger partial charge is 0.506 e. The average molecular weight is 259 g/mol. The Kier molecular flexibility index (Phi) is 3.37. The number of H-pyrrole nitrogens is 1. The lowest BCUT2D eigenvalue weighted by Crippen LogP contribution is -2.16. The van der Waals surface area contributed by atoms with Crippen molar-refractivity contribution in [2.24, 2.45) is 0 Å². The number of nitrogens with one attached hydrogen (secondary N) is 1. The van der Waals surface area contributed by atoms with E-state index in [2.05, 4.69) is 4.98 Å². The van der Waals surface area contributed by atoms with Crippen LogP contribution in [0.15, 0.2) is 35.3 Å². The van der Waals surface area contributed by atoms with Crippen molar-refractivity contribution >= 4 is 5.78 Å². The summed E-state index contributed by atoms with van der Waals surface area (Å²) >= 11 is 0. The molecule has 2 N–H and O–H groups in total. The van der Waals surface area contributed by atoms with Crippen LogP contribution < -0.4 is 10.3 Å². The molecule has 0 atom stereocenters. The maximum Gasteiger partial charge on any atom is 0.262 e. The minimum Gasteiger partial charge on any atom is -0.506 e. The van der Waals surface area contributed by atoms with Crippen LogP contribution in [0.5, 0.6) is 11.5 Å². The van der Waals surface area contributed by atoms with Gasteiger partial charge in [0.25, 0.3) is 5.56 Å². The number of hydrogen-bond acceptors (Lipinski definition) is 4. The number of hydrogen-bond donors (Lipinski definition) is 2. The quantitative estimate of drug-likeness (QED) is 0.826. The van der Waals surface area contributed by atoms with Crippen LogP contribution in [0.4, 0.5) is 0 Å². The lowest BCUT2D eigenvalue weighted by Gasteiger charge is -2.08. The second-order valence-corrected chi connectivity index (χ2v) is 4.04. The fourth-order valence-electron chi connectivity index (χ4n) is 1.84. The smallest absolute Gasteiger partial charge is 0.262 e. The molecule has 0 aliphatic rings. The van der Waals surface area contributed by atoms with Crippen LogP contribution in [0.25, 0.3) is 11.1 Å². The molecule has 0 aliphatic heterocycles. The van der Waals surface area contributed by atoms with Gasteiger partial charge in [-0.1, -0.05) is 12.1 Å². The molecule has 5 heteroatoms. The second-order valence-electron chi connectivity index (χ2n) is 4.04. The summed E-state index contributed by atoms with van der Waals surface area (Å²) in [6.07, 6.45) is 1.38. The third-order valence-electron chi connectivity index (χ3n) is 2.82. The number of rotatable bonds is 3. The summed E-state index contributed by atoms with van der Waals surface area (Å²) in [5, 5.41) is 10.0. The van der Waals surface area contributed by atoms with Crippen molar-refractivity contribution in [3.63, 3.8) is 0 Å². The molecule has 0 saturated carbocycles. The van der Waals surface area contributed by atoms with Crippen LogP contribution >= 0.6 is 0 Å². The van der Waals surface area contributed by atoms with Crippen molar-refractivity contribution in [1.82, 2.24) is 4.98 Å². The zero-order chi connectivity index (χ0) is 14.0. The Labute approximate surface area is 109 Å². The van der Waals surface area contributed by atoms with Gasteiger partial charge in [-0.15, -0.1) is 0 Å². The summed E-state index contributed by atoms with van der Waals surface area (Å²) in [5.41, 5.74) is 0.250. The van der Waals surface area contributed by atoms with Crippen molar-refractivity contribution in [2.45, 2.75) is 6.92 Å². The number of aromatic hydroxyl groups is 1. The van der Waals surface area contributed by atoms with Crippen LogP contribution in [-0.2, 0) is 0 Å². The highest BCUT2D eigenvalue weighted by atomic mass is 16.5. The van der Waals surface area contributed by atoms with E-state index in [-0.39, 0.29) is 11.3 Å². The molecule has 19 heavy (non-hydrogen) atoms. The first kappa shape index (κ1) is 12.9. The molecule has 0 amide bonds. The SMILES string of the molecule is COc1ccc(-c2c[nH]c(=O)c(C(C)=O)c2O)cc1. The van der Waals surface area contributed by atoms with Gasteiger partial charge in [0.05, 0.1) is 7.11 Å². The Morgan fingerprint density at radius 2 is 1.89 bits per heavy atom. The van der Waals surface area contributed by atoms with Crippen LogP contribution in [-0.4, -0.2) is 23.0 Å². The molecule has 1 aromatic carbocycles. The zero-order valence-corrected chi connectivity index (χ0v) is 10.6. The molecule has 2 rings (SSSR count). The molecule has 2 aromatic rings. The van der Waals surface area contributed by atoms with E-state index >= 15 is 0 Å². The molecular formula is C14H13NO4. The molecule has 1 aromatic heterocycles. The molecule has 0 saturated heterocycles. The molecule has 0 spiro atoms. The number of Topliss-reactive ketones (excluding diaryl/α,β-unsaturated/α-hetero) is 1. The van der Waals surface area contributed by atoms with E-state index in [4.69, 9.17) is 4.74 Å². The molecular weight excluding hydrogens is 246 g/mol. The molecule has 0 unspecified atom stereocenters.